The zero-order chi connectivity index (χ0) is 14.1. The molecule has 0 radical (unpaired) electrons. The number of benzene rings is 2. The predicted molar refractivity (Wildman–Crippen MR) is 76.7 cm³/mol. The monoisotopic (exact) mass is 308 g/mol. The molecule has 3 rings (SSSR count). The van der Waals surface area contributed by atoms with E-state index in [-0.39, 0.29) is 5.75 Å². The molecule has 2 aromatic rings. The Morgan fingerprint density at radius 3 is 2.75 bits per heavy atom. The first-order valence-electron chi connectivity index (χ1n) is 6.05. The minimum absolute atomic E-state index is 0.278. The van der Waals surface area contributed by atoms with Gasteiger partial charge in [0, 0.05) is 11.4 Å². The molecule has 0 fully saturated rings. The Hall–Kier alpha value is -1.71. The molecule has 0 amide bonds. The third-order valence-corrected chi connectivity index (χ3v) is 3.54. The Morgan fingerprint density at radius 2 is 2.00 bits per heavy atom. The number of ether oxygens (including phenoxy) is 2. The average molecular weight is 309 g/mol. The van der Waals surface area contributed by atoms with Crippen LogP contribution < -0.4 is 9.47 Å². The van der Waals surface area contributed by atoms with Gasteiger partial charge in [-0.05, 0) is 29.8 Å². The first-order chi connectivity index (χ1) is 9.63. The summed E-state index contributed by atoms with van der Waals surface area (Å²) in [5, 5.41) is 0.778. The SMILES string of the molecule is O=C(Oc1ccc(Cl)cc1Cl)C1Cc2ccccc2O1. The summed E-state index contributed by atoms with van der Waals surface area (Å²) in [5.41, 5.74) is 0.997. The van der Waals surface area contributed by atoms with Gasteiger partial charge in [-0.25, -0.2) is 4.79 Å². The molecule has 1 heterocycles. The molecule has 0 bridgehead atoms. The van der Waals surface area contributed by atoms with Crippen LogP contribution in [0.4, 0.5) is 0 Å². The Morgan fingerprint density at radius 1 is 1.20 bits per heavy atom. The van der Waals surface area contributed by atoms with Crippen LogP contribution in [0.2, 0.25) is 10.0 Å². The molecular formula is C15H10Cl2O3. The predicted octanol–water partition coefficient (Wildman–Crippen LogP) is 3.90. The third-order valence-electron chi connectivity index (χ3n) is 3.01. The van der Waals surface area contributed by atoms with Crippen molar-refractivity contribution in [3.05, 3.63) is 58.1 Å². The first kappa shape index (κ1) is 13.3. The fourth-order valence-corrected chi connectivity index (χ4v) is 2.49. The smallest absolute Gasteiger partial charge is 0.353 e. The van der Waals surface area contributed by atoms with Crippen LogP contribution in [0.3, 0.4) is 0 Å². The van der Waals surface area contributed by atoms with E-state index in [1.54, 1.807) is 12.1 Å². The summed E-state index contributed by atoms with van der Waals surface area (Å²) < 4.78 is 10.8. The van der Waals surface area contributed by atoms with Gasteiger partial charge < -0.3 is 9.47 Å². The molecule has 1 aliphatic rings. The molecule has 0 saturated heterocycles. The van der Waals surface area contributed by atoms with Crippen molar-refractivity contribution in [3.8, 4) is 11.5 Å². The molecule has 20 heavy (non-hydrogen) atoms. The standard InChI is InChI=1S/C15H10Cl2O3/c16-10-5-6-13(11(17)8-10)20-15(18)14-7-9-3-1-2-4-12(9)19-14/h1-6,8,14H,7H2. The molecule has 0 spiro atoms. The maximum absolute atomic E-state index is 12.1. The fourth-order valence-electron chi connectivity index (χ4n) is 2.05. The van der Waals surface area contributed by atoms with Crippen molar-refractivity contribution < 1.29 is 14.3 Å². The summed E-state index contributed by atoms with van der Waals surface area (Å²) in [6, 6.07) is 12.2. The van der Waals surface area contributed by atoms with E-state index in [0.29, 0.717) is 16.5 Å². The van der Waals surface area contributed by atoms with E-state index in [1.165, 1.54) is 6.07 Å². The lowest BCUT2D eigenvalue weighted by Gasteiger charge is -2.11. The molecule has 2 aromatic carbocycles. The number of carbonyl (C=O) groups excluding carboxylic acids is 1. The third kappa shape index (κ3) is 2.60. The Labute approximate surface area is 126 Å². The first-order valence-corrected chi connectivity index (χ1v) is 6.80. The van der Waals surface area contributed by atoms with Crippen LogP contribution >= 0.6 is 23.2 Å². The molecule has 0 aliphatic carbocycles. The minimum atomic E-state index is -0.640. The number of esters is 1. The highest BCUT2D eigenvalue weighted by Gasteiger charge is 2.30. The largest absolute Gasteiger partial charge is 0.478 e. The van der Waals surface area contributed by atoms with Crippen LogP contribution in [0, 0.1) is 0 Å². The summed E-state index contributed by atoms with van der Waals surface area (Å²) in [6.45, 7) is 0. The number of hydrogen-bond acceptors (Lipinski definition) is 3. The van der Waals surface area contributed by atoms with E-state index < -0.39 is 12.1 Å². The quantitative estimate of drug-likeness (QED) is 0.623. The Balaban J connectivity index is 1.72. The van der Waals surface area contributed by atoms with Crippen molar-refractivity contribution in [2.45, 2.75) is 12.5 Å². The van der Waals surface area contributed by atoms with Crippen molar-refractivity contribution in [2.75, 3.05) is 0 Å². The molecule has 102 valence electrons. The van der Waals surface area contributed by atoms with Crippen molar-refractivity contribution >= 4 is 29.2 Å². The molecule has 1 aliphatic heterocycles. The Bertz CT molecular complexity index is 645. The molecule has 0 aromatic heterocycles. The van der Waals surface area contributed by atoms with Gasteiger partial charge >= 0.3 is 5.97 Å². The van der Waals surface area contributed by atoms with Crippen molar-refractivity contribution in [1.82, 2.24) is 0 Å². The lowest BCUT2D eigenvalue weighted by molar-refractivity contribution is -0.141. The van der Waals surface area contributed by atoms with E-state index >= 15 is 0 Å². The van der Waals surface area contributed by atoms with Gasteiger partial charge in [-0.2, -0.15) is 0 Å². The van der Waals surface area contributed by atoms with Crippen molar-refractivity contribution in [2.24, 2.45) is 0 Å². The van der Waals surface area contributed by atoms with Crippen molar-refractivity contribution in [1.29, 1.82) is 0 Å². The maximum atomic E-state index is 12.1. The van der Waals surface area contributed by atoms with E-state index in [9.17, 15) is 4.79 Å². The summed E-state index contributed by atoms with van der Waals surface area (Å²) >= 11 is 11.8. The van der Waals surface area contributed by atoms with Gasteiger partial charge in [0.15, 0.2) is 6.10 Å². The molecular weight excluding hydrogens is 299 g/mol. The summed E-state index contributed by atoms with van der Waals surface area (Å²) in [5.74, 6) is 0.530. The minimum Gasteiger partial charge on any atom is -0.478 e. The number of rotatable bonds is 2. The fraction of sp³-hybridized carbons (Fsp3) is 0.133. The van der Waals surface area contributed by atoms with Gasteiger partial charge in [-0.3, -0.25) is 0 Å². The zero-order valence-corrected chi connectivity index (χ0v) is 11.8. The Kier molecular flexibility index (Phi) is 3.55. The lowest BCUT2D eigenvalue weighted by atomic mass is 10.1. The molecule has 1 atom stereocenters. The highest BCUT2D eigenvalue weighted by Crippen LogP contribution is 2.31. The van der Waals surface area contributed by atoms with Gasteiger partial charge in [-0.15, -0.1) is 0 Å². The second kappa shape index (κ2) is 5.35. The van der Waals surface area contributed by atoms with E-state index in [4.69, 9.17) is 32.7 Å². The number of fused-ring (bicyclic) bond motifs is 1. The highest BCUT2D eigenvalue weighted by atomic mass is 35.5. The summed E-state index contributed by atoms with van der Waals surface area (Å²) in [4.78, 5) is 12.1. The average Bonchev–Trinajstić information content (AvgIpc) is 2.86. The van der Waals surface area contributed by atoms with Crippen LogP contribution in [-0.2, 0) is 11.2 Å². The molecule has 3 nitrogen and oxygen atoms in total. The lowest BCUT2D eigenvalue weighted by Crippen LogP contribution is -2.29. The summed E-state index contributed by atoms with van der Waals surface area (Å²) in [6.07, 6.45) is -0.139. The normalized spacial score (nSPS) is 16.4. The van der Waals surface area contributed by atoms with E-state index in [2.05, 4.69) is 0 Å². The molecule has 5 heteroatoms. The van der Waals surface area contributed by atoms with Crippen LogP contribution in [0.1, 0.15) is 5.56 Å². The number of carbonyl (C=O) groups is 1. The van der Waals surface area contributed by atoms with Gasteiger partial charge in [0.2, 0.25) is 0 Å². The topological polar surface area (TPSA) is 35.5 Å². The number of para-hydroxylation sites is 1. The van der Waals surface area contributed by atoms with Crippen LogP contribution in [-0.4, -0.2) is 12.1 Å². The molecule has 0 saturated carbocycles. The highest BCUT2D eigenvalue weighted by molar-refractivity contribution is 6.35. The van der Waals surface area contributed by atoms with E-state index in [1.807, 2.05) is 24.3 Å². The van der Waals surface area contributed by atoms with Gasteiger partial charge in [-0.1, -0.05) is 41.4 Å². The maximum Gasteiger partial charge on any atom is 0.353 e. The van der Waals surface area contributed by atoms with Gasteiger partial charge in [0.1, 0.15) is 11.5 Å². The van der Waals surface area contributed by atoms with Crippen LogP contribution in [0.25, 0.3) is 0 Å². The van der Waals surface area contributed by atoms with Crippen molar-refractivity contribution in [3.63, 3.8) is 0 Å². The molecule has 1 unspecified atom stereocenters. The molecule has 0 N–H and O–H groups in total. The zero-order valence-electron chi connectivity index (χ0n) is 10.3. The van der Waals surface area contributed by atoms with Crippen LogP contribution in [0.15, 0.2) is 42.5 Å². The van der Waals surface area contributed by atoms with Gasteiger partial charge in [0.05, 0.1) is 5.02 Å². The van der Waals surface area contributed by atoms with E-state index in [0.717, 1.165) is 11.3 Å². The second-order valence-electron chi connectivity index (χ2n) is 4.41. The van der Waals surface area contributed by atoms with Crippen LogP contribution in [0.5, 0.6) is 11.5 Å². The van der Waals surface area contributed by atoms with Gasteiger partial charge in [0.25, 0.3) is 0 Å². The summed E-state index contributed by atoms with van der Waals surface area (Å²) in [7, 11) is 0. The number of halogens is 2. The number of hydrogen-bond donors (Lipinski definition) is 0. The second-order valence-corrected chi connectivity index (χ2v) is 5.26.